The normalized spacial score (nSPS) is 14.9. The largest absolute Gasteiger partial charge is 0.495 e. The molecule has 5 rings (SSSR count). The Morgan fingerprint density at radius 1 is 0.977 bits per heavy atom. The molecule has 2 aromatic carbocycles. The molecule has 1 aliphatic carbocycles. The van der Waals surface area contributed by atoms with Gasteiger partial charge in [-0.2, -0.15) is 0 Å². The zero-order valence-electron chi connectivity index (χ0n) is 24.1. The highest BCUT2D eigenvalue weighted by molar-refractivity contribution is 6.25. The molecule has 0 saturated heterocycles. The summed E-state index contributed by atoms with van der Waals surface area (Å²) in [5.74, 6) is -0.914. The number of methoxy groups -OCH3 is 4. The van der Waals surface area contributed by atoms with Crippen LogP contribution in [0.1, 0.15) is 55.7 Å². The first kappa shape index (κ1) is 29.4. The number of ketones is 2. The Bertz CT molecular complexity index is 1780. The molecule has 3 aromatic rings. The third kappa shape index (κ3) is 5.21. The smallest absolute Gasteiger partial charge is 0.374 e. The van der Waals surface area contributed by atoms with Crippen LogP contribution >= 0.6 is 0 Å². The molecule has 0 saturated carbocycles. The van der Waals surface area contributed by atoms with E-state index in [2.05, 4.69) is 4.74 Å². The predicted molar refractivity (Wildman–Crippen MR) is 151 cm³/mol. The quantitative estimate of drug-likeness (QED) is 0.199. The van der Waals surface area contributed by atoms with Crippen molar-refractivity contribution < 1.29 is 52.0 Å². The van der Waals surface area contributed by atoms with Crippen LogP contribution in [-0.2, 0) is 20.6 Å². The summed E-state index contributed by atoms with van der Waals surface area (Å²) in [6, 6.07) is 4.59. The number of aryl methyl sites for hydroxylation is 1. The summed E-state index contributed by atoms with van der Waals surface area (Å²) in [7, 11) is 5.27. The second kappa shape index (κ2) is 12.0. The lowest BCUT2D eigenvalue weighted by Crippen LogP contribution is -2.20. The van der Waals surface area contributed by atoms with E-state index in [0.717, 1.165) is 11.6 Å². The van der Waals surface area contributed by atoms with Gasteiger partial charge in [0.15, 0.2) is 29.8 Å². The maximum Gasteiger partial charge on any atom is 0.374 e. The maximum atomic E-state index is 13.1. The first-order chi connectivity index (χ1) is 20.8. The fraction of sp³-hybridized carbons (Fsp3) is 0.290. The van der Waals surface area contributed by atoms with Crippen LogP contribution in [0.3, 0.4) is 0 Å². The Labute approximate surface area is 245 Å². The molecule has 0 atom stereocenters. The summed E-state index contributed by atoms with van der Waals surface area (Å²) < 4.78 is 43.7. The monoisotopic (exact) mass is 592 g/mol. The van der Waals surface area contributed by atoms with Gasteiger partial charge in [-0.1, -0.05) is 0 Å². The first-order valence-corrected chi connectivity index (χ1v) is 13.2. The summed E-state index contributed by atoms with van der Waals surface area (Å²) >= 11 is 0. The highest BCUT2D eigenvalue weighted by Gasteiger charge is 2.33. The fourth-order valence-corrected chi connectivity index (χ4v) is 5.03. The third-order valence-corrected chi connectivity index (χ3v) is 6.99. The number of esters is 1. The number of allylic oxidation sites excluding steroid dienone is 3. The lowest BCUT2D eigenvalue weighted by molar-refractivity contribution is 0.0221. The molecule has 1 aromatic heterocycles. The van der Waals surface area contributed by atoms with Gasteiger partial charge in [-0.3, -0.25) is 9.59 Å². The van der Waals surface area contributed by atoms with Gasteiger partial charge < -0.3 is 37.6 Å². The van der Waals surface area contributed by atoms with E-state index in [1.165, 1.54) is 40.6 Å². The number of carbonyl (C=O) groups is 3. The summed E-state index contributed by atoms with van der Waals surface area (Å²) in [6.45, 7) is 2.06. The molecule has 2 heterocycles. The van der Waals surface area contributed by atoms with Crippen molar-refractivity contribution >= 4 is 34.4 Å². The lowest BCUT2D eigenvalue weighted by Gasteiger charge is -2.24. The van der Waals surface area contributed by atoms with Crippen molar-refractivity contribution in [3.05, 3.63) is 74.2 Å². The Morgan fingerprint density at radius 2 is 1.74 bits per heavy atom. The third-order valence-electron chi connectivity index (χ3n) is 6.99. The summed E-state index contributed by atoms with van der Waals surface area (Å²) in [5, 5.41) is 0.519. The molecule has 0 bridgehead atoms. The molecule has 1 aliphatic heterocycles. The molecule has 12 nitrogen and oxygen atoms in total. The first-order valence-electron chi connectivity index (χ1n) is 13.2. The van der Waals surface area contributed by atoms with Crippen LogP contribution in [0.4, 0.5) is 0 Å². The summed E-state index contributed by atoms with van der Waals surface area (Å²) in [4.78, 5) is 51.1. The van der Waals surface area contributed by atoms with Crippen molar-refractivity contribution in [3.63, 3.8) is 0 Å². The number of Topliss-reactive ketones (excluding diaryl/α,β-unsaturated/α-hetero) is 1. The number of carbonyl (C=O) groups excluding carboxylic acids is 3. The summed E-state index contributed by atoms with van der Waals surface area (Å²) in [5.41, 5.74) is 0.397. The van der Waals surface area contributed by atoms with E-state index < -0.39 is 23.2 Å². The second-order valence-electron chi connectivity index (χ2n) is 9.37. The second-order valence-corrected chi connectivity index (χ2v) is 9.37. The van der Waals surface area contributed by atoms with E-state index in [0.29, 0.717) is 41.9 Å². The van der Waals surface area contributed by atoms with E-state index in [-0.39, 0.29) is 52.1 Å². The van der Waals surface area contributed by atoms with Crippen LogP contribution in [0.15, 0.2) is 45.0 Å². The van der Waals surface area contributed by atoms with Crippen LogP contribution < -0.4 is 24.6 Å². The molecule has 0 unspecified atom stereocenters. The molecule has 12 heteroatoms. The Balaban J connectivity index is 1.64. The van der Waals surface area contributed by atoms with Gasteiger partial charge in [-0.15, -0.1) is 0 Å². The molecule has 0 radical (unpaired) electrons. The van der Waals surface area contributed by atoms with Gasteiger partial charge in [0.05, 0.1) is 39.6 Å². The average molecular weight is 593 g/mol. The average Bonchev–Trinajstić information content (AvgIpc) is 3.01. The lowest BCUT2D eigenvalue weighted by atomic mass is 9.89. The van der Waals surface area contributed by atoms with Gasteiger partial charge in [0, 0.05) is 24.7 Å². The van der Waals surface area contributed by atoms with E-state index in [4.69, 9.17) is 32.8 Å². The highest BCUT2D eigenvalue weighted by atomic mass is 16.7. The number of rotatable bonds is 9. The Hall–Kier alpha value is -5.10. The molecular formula is C31H28O12. The molecule has 2 aliphatic rings. The van der Waals surface area contributed by atoms with E-state index in [9.17, 15) is 19.2 Å². The van der Waals surface area contributed by atoms with Gasteiger partial charge in [-0.05, 0) is 48.6 Å². The number of hydrogen-bond acceptors (Lipinski definition) is 12. The van der Waals surface area contributed by atoms with Crippen LogP contribution in [-0.4, -0.2) is 59.4 Å². The minimum absolute atomic E-state index is 0.0581. The molecular weight excluding hydrogens is 564 g/mol. The van der Waals surface area contributed by atoms with Gasteiger partial charge in [0.1, 0.15) is 22.6 Å². The Kier molecular flexibility index (Phi) is 8.22. The van der Waals surface area contributed by atoms with E-state index in [1.807, 2.05) is 0 Å². The van der Waals surface area contributed by atoms with Crippen molar-refractivity contribution in [2.75, 3.05) is 41.8 Å². The predicted octanol–water partition coefficient (Wildman–Crippen LogP) is 4.25. The molecule has 224 valence electrons. The Morgan fingerprint density at radius 3 is 2.42 bits per heavy atom. The molecule has 0 fully saturated rings. The van der Waals surface area contributed by atoms with Crippen LogP contribution in [0.5, 0.6) is 23.0 Å². The standard InChI is InChI=1S/C31H28O12/c1-6-40-14-41-21-12-19-25(20(32)13-22(36-2)26(19)33)28(37-3)18(21)11-17-8-7-15-9-16-10-23(30(34)39-5)43-31(35)24(16)29(38-4)27(15)42-17/h9-13H,6-8,14H2,1-5H3/b17-11+. The van der Waals surface area contributed by atoms with Crippen molar-refractivity contribution in [1.82, 2.24) is 0 Å². The zero-order chi connectivity index (χ0) is 30.8. The van der Waals surface area contributed by atoms with Gasteiger partial charge in [0.25, 0.3) is 0 Å². The number of fused-ring (bicyclic) bond motifs is 3. The van der Waals surface area contributed by atoms with Crippen LogP contribution in [0, 0.1) is 0 Å². The van der Waals surface area contributed by atoms with Crippen molar-refractivity contribution in [2.24, 2.45) is 0 Å². The van der Waals surface area contributed by atoms with Gasteiger partial charge in [-0.25, -0.2) is 9.59 Å². The molecule has 0 spiro atoms. The number of hydrogen-bond donors (Lipinski definition) is 0. The van der Waals surface area contributed by atoms with Crippen molar-refractivity contribution in [1.29, 1.82) is 0 Å². The molecule has 43 heavy (non-hydrogen) atoms. The SMILES string of the molecule is CCOCOc1cc2c(c(OC)c1/C=C1\CCc3cc4cc(C(=O)OC)oc(=O)c4c(OC)c3O1)C(=O)C=C(OC)C2=O. The summed E-state index contributed by atoms with van der Waals surface area (Å²) in [6.07, 6.45) is 3.63. The van der Waals surface area contributed by atoms with E-state index >= 15 is 0 Å². The number of benzene rings is 2. The fourth-order valence-electron chi connectivity index (χ4n) is 5.03. The van der Waals surface area contributed by atoms with Crippen molar-refractivity contribution in [3.8, 4) is 23.0 Å². The topological polar surface area (TPSA) is 146 Å². The van der Waals surface area contributed by atoms with Crippen LogP contribution in [0.25, 0.3) is 16.8 Å². The molecule has 0 amide bonds. The molecule has 0 N–H and O–H groups in total. The minimum Gasteiger partial charge on any atom is -0.495 e. The van der Waals surface area contributed by atoms with Crippen molar-refractivity contribution in [2.45, 2.75) is 19.8 Å². The maximum absolute atomic E-state index is 13.1. The zero-order valence-corrected chi connectivity index (χ0v) is 24.1. The van der Waals surface area contributed by atoms with E-state index in [1.54, 1.807) is 19.1 Å². The minimum atomic E-state index is -0.799. The van der Waals surface area contributed by atoms with Gasteiger partial charge in [0.2, 0.25) is 11.5 Å². The van der Waals surface area contributed by atoms with Gasteiger partial charge >= 0.3 is 11.6 Å². The number of ether oxygens (including phenoxy) is 7. The highest BCUT2D eigenvalue weighted by Crippen LogP contribution is 2.45. The van der Waals surface area contributed by atoms with Crippen LogP contribution in [0.2, 0.25) is 0 Å².